The average Bonchev–Trinajstić information content (AvgIpc) is 3.33. The minimum absolute atomic E-state index is 0.00225. The number of benzene rings is 1. The summed E-state index contributed by atoms with van der Waals surface area (Å²) in [6, 6.07) is 9.94. The van der Waals surface area contributed by atoms with E-state index in [4.69, 9.17) is 10.5 Å². The number of piperidine rings is 1. The summed E-state index contributed by atoms with van der Waals surface area (Å²) in [6.45, 7) is 6.79. The molecule has 0 atom stereocenters. The van der Waals surface area contributed by atoms with Crippen molar-refractivity contribution in [2.45, 2.75) is 26.7 Å². The standard InChI is InChI=1S/C24H29N3O2/c1-3-19-22(9-8-17(2)15-25)29-16-24(19)10-12-27(13-11-24)23(28)21-14-18-6-4-5-7-20(18)26-21/h3-9,14,26H,10-13,15-16,25H2,1-2H3/b17-8+,19-3+,22-9+. The second kappa shape index (κ2) is 7.91. The molecule has 5 heteroatoms. The van der Waals surface area contributed by atoms with Gasteiger partial charge in [0.2, 0.25) is 0 Å². The molecule has 0 saturated carbocycles. The highest BCUT2D eigenvalue weighted by Crippen LogP contribution is 2.48. The molecule has 5 nitrogen and oxygen atoms in total. The van der Waals surface area contributed by atoms with Gasteiger partial charge in [0.05, 0.1) is 6.61 Å². The number of fused-ring (bicyclic) bond motifs is 1. The molecule has 2 saturated heterocycles. The molecule has 3 heterocycles. The Labute approximate surface area is 171 Å². The Bertz CT molecular complexity index is 971. The first kappa shape index (κ1) is 19.5. The van der Waals surface area contributed by atoms with Crippen LogP contribution in [-0.4, -0.2) is 42.0 Å². The Balaban J connectivity index is 1.48. The van der Waals surface area contributed by atoms with Gasteiger partial charge in [-0.1, -0.05) is 35.9 Å². The van der Waals surface area contributed by atoms with Gasteiger partial charge < -0.3 is 20.4 Å². The van der Waals surface area contributed by atoms with E-state index in [2.05, 4.69) is 18.0 Å². The van der Waals surface area contributed by atoms with E-state index in [9.17, 15) is 4.79 Å². The lowest BCUT2D eigenvalue weighted by Crippen LogP contribution is -2.44. The third-order valence-electron chi connectivity index (χ3n) is 6.24. The van der Waals surface area contributed by atoms with E-state index in [1.54, 1.807) is 0 Å². The number of carbonyl (C=O) groups excluding carboxylic acids is 1. The van der Waals surface area contributed by atoms with Gasteiger partial charge in [0.1, 0.15) is 11.5 Å². The van der Waals surface area contributed by atoms with Gasteiger partial charge in [-0.05, 0) is 50.5 Å². The van der Waals surface area contributed by atoms with Crippen molar-refractivity contribution in [1.29, 1.82) is 0 Å². The summed E-state index contributed by atoms with van der Waals surface area (Å²) in [5.74, 6) is 1.02. The molecule has 4 rings (SSSR count). The minimum Gasteiger partial charge on any atom is -0.492 e. The summed E-state index contributed by atoms with van der Waals surface area (Å²) < 4.78 is 6.06. The zero-order valence-corrected chi connectivity index (χ0v) is 17.2. The molecule has 29 heavy (non-hydrogen) atoms. The van der Waals surface area contributed by atoms with Crippen LogP contribution in [0.4, 0.5) is 0 Å². The zero-order valence-electron chi connectivity index (χ0n) is 17.2. The van der Waals surface area contributed by atoms with Crippen LogP contribution >= 0.6 is 0 Å². The van der Waals surface area contributed by atoms with Crippen molar-refractivity contribution in [2.75, 3.05) is 26.2 Å². The van der Waals surface area contributed by atoms with Crippen molar-refractivity contribution in [2.24, 2.45) is 11.1 Å². The van der Waals surface area contributed by atoms with Crippen molar-refractivity contribution in [1.82, 2.24) is 9.88 Å². The highest BCUT2D eigenvalue weighted by atomic mass is 16.5. The fraction of sp³-hybridized carbons (Fsp3) is 0.375. The van der Waals surface area contributed by atoms with E-state index in [1.807, 2.05) is 54.3 Å². The predicted molar refractivity (Wildman–Crippen MR) is 116 cm³/mol. The van der Waals surface area contributed by atoms with Crippen LogP contribution in [0, 0.1) is 5.41 Å². The van der Waals surface area contributed by atoms with Crippen LogP contribution in [0.3, 0.4) is 0 Å². The minimum atomic E-state index is 0.00225. The molecule has 1 amide bonds. The number of hydrogen-bond donors (Lipinski definition) is 2. The largest absolute Gasteiger partial charge is 0.492 e. The highest BCUT2D eigenvalue weighted by Gasteiger charge is 2.45. The molecule has 0 bridgehead atoms. The van der Waals surface area contributed by atoms with Gasteiger partial charge in [-0.25, -0.2) is 0 Å². The SMILES string of the molecule is C\C=C1/C(=C\C=C(/C)CN)OCC12CCN(C(=O)c1cc3ccccc3[nH]1)CC2. The molecule has 152 valence electrons. The molecule has 2 aromatic rings. The maximum absolute atomic E-state index is 13.0. The van der Waals surface area contributed by atoms with Crippen LogP contribution in [0.2, 0.25) is 0 Å². The molecule has 0 aliphatic carbocycles. The number of nitrogens with zero attached hydrogens (tertiary/aromatic N) is 1. The van der Waals surface area contributed by atoms with Crippen molar-refractivity contribution in [3.05, 3.63) is 71.2 Å². The summed E-state index contributed by atoms with van der Waals surface area (Å²) in [4.78, 5) is 18.2. The van der Waals surface area contributed by atoms with Crippen LogP contribution < -0.4 is 5.73 Å². The second-order valence-electron chi connectivity index (χ2n) is 8.08. The number of likely N-dealkylation sites (tertiary alicyclic amines) is 1. The van der Waals surface area contributed by atoms with E-state index in [-0.39, 0.29) is 11.3 Å². The van der Waals surface area contributed by atoms with Crippen LogP contribution in [0.5, 0.6) is 0 Å². The van der Waals surface area contributed by atoms with Gasteiger partial charge in [-0.15, -0.1) is 0 Å². The fourth-order valence-electron chi connectivity index (χ4n) is 4.42. The summed E-state index contributed by atoms with van der Waals surface area (Å²) in [5, 5.41) is 1.07. The van der Waals surface area contributed by atoms with Gasteiger partial charge in [0.25, 0.3) is 5.91 Å². The number of carbonyl (C=O) groups is 1. The molecule has 2 aliphatic rings. The average molecular weight is 392 g/mol. The number of aromatic nitrogens is 1. The van der Waals surface area contributed by atoms with Crippen molar-refractivity contribution in [3.8, 4) is 0 Å². The van der Waals surface area contributed by atoms with Crippen LogP contribution in [0.25, 0.3) is 10.9 Å². The van der Waals surface area contributed by atoms with E-state index < -0.39 is 0 Å². The van der Waals surface area contributed by atoms with Gasteiger partial charge in [-0.2, -0.15) is 0 Å². The molecule has 0 radical (unpaired) electrons. The lowest BCUT2D eigenvalue weighted by atomic mass is 9.73. The van der Waals surface area contributed by atoms with Gasteiger partial charge in [-0.3, -0.25) is 4.79 Å². The van der Waals surface area contributed by atoms with E-state index >= 15 is 0 Å². The van der Waals surface area contributed by atoms with Gasteiger partial charge >= 0.3 is 0 Å². The number of ether oxygens (including phenoxy) is 1. The van der Waals surface area contributed by atoms with Crippen LogP contribution in [0.15, 0.2) is 65.5 Å². The van der Waals surface area contributed by atoms with Gasteiger partial charge in [0, 0.05) is 36.0 Å². The summed E-state index contributed by atoms with van der Waals surface area (Å²) >= 11 is 0. The van der Waals surface area contributed by atoms with Gasteiger partial charge in [0.15, 0.2) is 0 Å². The topological polar surface area (TPSA) is 71.3 Å². The molecule has 1 aromatic carbocycles. The number of H-pyrrole nitrogens is 1. The maximum Gasteiger partial charge on any atom is 0.270 e. The third kappa shape index (κ3) is 3.62. The summed E-state index contributed by atoms with van der Waals surface area (Å²) in [6.07, 6.45) is 8.06. The fourth-order valence-corrected chi connectivity index (χ4v) is 4.42. The predicted octanol–water partition coefficient (Wildman–Crippen LogP) is 4.16. The first-order valence-corrected chi connectivity index (χ1v) is 10.3. The number of aromatic amines is 1. The number of amides is 1. The summed E-state index contributed by atoms with van der Waals surface area (Å²) in [7, 11) is 0. The van der Waals surface area contributed by atoms with E-state index in [0.29, 0.717) is 18.8 Å². The van der Waals surface area contributed by atoms with E-state index in [0.717, 1.165) is 48.2 Å². The third-order valence-corrected chi connectivity index (χ3v) is 6.24. The Morgan fingerprint density at radius 1 is 1.31 bits per heavy atom. The molecule has 2 fully saturated rings. The molecular formula is C24H29N3O2. The Morgan fingerprint density at radius 2 is 2.07 bits per heavy atom. The molecule has 1 spiro atoms. The molecule has 2 aliphatic heterocycles. The normalized spacial score (nSPS) is 22.0. The smallest absolute Gasteiger partial charge is 0.270 e. The second-order valence-corrected chi connectivity index (χ2v) is 8.08. The number of nitrogens with two attached hydrogens (primary N) is 1. The lowest BCUT2D eigenvalue weighted by molar-refractivity contribution is 0.0580. The summed E-state index contributed by atoms with van der Waals surface area (Å²) in [5.41, 5.74) is 9.73. The van der Waals surface area contributed by atoms with E-state index in [1.165, 1.54) is 5.57 Å². The first-order chi connectivity index (χ1) is 14.1. The van der Waals surface area contributed by atoms with Crippen molar-refractivity contribution >= 4 is 16.8 Å². The number of rotatable bonds is 3. The number of nitrogens with one attached hydrogen (secondary N) is 1. The monoisotopic (exact) mass is 391 g/mol. The molecule has 1 aromatic heterocycles. The number of hydrogen-bond acceptors (Lipinski definition) is 3. The zero-order chi connectivity index (χ0) is 20.4. The van der Waals surface area contributed by atoms with Crippen LogP contribution in [0.1, 0.15) is 37.2 Å². The van der Waals surface area contributed by atoms with Crippen LogP contribution in [-0.2, 0) is 4.74 Å². The number of para-hydroxylation sites is 1. The number of allylic oxidation sites excluding steroid dienone is 4. The highest BCUT2D eigenvalue weighted by molar-refractivity contribution is 5.98. The van der Waals surface area contributed by atoms with Crippen molar-refractivity contribution in [3.63, 3.8) is 0 Å². The van der Waals surface area contributed by atoms with Crippen molar-refractivity contribution < 1.29 is 9.53 Å². The molecule has 0 unspecified atom stereocenters. The Morgan fingerprint density at radius 3 is 2.76 bits per heavy atom. The quantitative estimate of drug-likeness (QED) is 0.825. The Kier molecular flexibility index (Phi) is 5.33. The first-order valence-electron chi connectivity index (χ1n) is 10.3. The lowest BCUT2D eigenvalue weighted by Gasteiger charge is -2.38. The maximum atomic E-state index is 13.0. The Hall–Kier alpha value is -2.79. The molecular weight excluding hydrogens is 362 g/mol. The molecule has 3 N–H and O–H groups in total.